The molecule has 0 spiro atoms. The number of aromatic nitrogens is 3. The molecule has 3 aromatic rings. The van der Waals surface area contributed by atoms with Gasteiger partial charge in [0.15, 0.2) is 17.3 Å². The van der Waals surface area contributed by atoms with Gasteiger partial charge in [-0.3, -0.25) is 14.0 Å². The molecule has 6 nitrogen and oxygen atoms in total. The summed E-state index contributed by atoms with van der Waals surface area (Å²) in [5.41, 5.74) is 3.60. The lowest BCUT2D eigenvalue weighted by Crippen LogP contribution is -2.28. The second-order valence-electron chi connectivity index (χ2n) is 6.50. The largest absolute Gasteiger partial charge is 0.346 e. The van der Waals surface area contributed by atoms with Crippen molar-refractivity contribution >= 4 is 17.3 Å². The number of Topliss-reactive ketones (excluding diaryl/α,β-unsaturated/α-hetero) is 1. The third-order valence-corrected chi connectivity index (χ3v) is 4.51. The molecule has 1 unspecified atom stereocenters. The molecule has 1 atom stereocenters. The Balaban J connectivity index is 1.58. The Morgan fingerprint density at radius 3 is 2.65 bits per heavy atom. The molecule has 2 aromatic heterocycles. The lowest BCUT2D eigenvalue weighted by molar-refractivity contribution is -0.121. The van der Waals surface area contributed by atoms with Gasteiger partial charge >= 0.3 is 0 Å². The van der Waals surface area contributed by atoms with Crippen molar-refractivity contribution in [2.75, 3.05) is 0 Å². The van der Waals surface area contributed by atoms with E-state index in [4.69, 9.17) is 0 Å². The lowest BCUT2D eigenvalue weighted by Gasteiger charge is -2.12. The molecular weight excluding hydrogens is 328 g/mol. The van der Waals surface area contributed by atoms with E-state index in [2.05, 4.69) is 15.5 Å². The van der Waals surface area contributed by atoms with Gasteiger partial charge in [-0.25, -0.2) is 0 Å². The van der Waals surface area contributed by atoms with E-state index in [1.54, 1.807) is 0 Å². The summed E-state index contributed by atoms with van der Waals surface area (Å²) in [6.45, 7) is 5.84. The maximum Gasteiger partial charge on any atom is 0.221 e. The van der Waals surface area contributed by atoms with E-state index in [9.17, 15) is 9.59 Å². The van der Waals surface area contributed by atoms with E-state index >= 15 is 0 Å². The summed E-state index contributed by atoms with van der Waals surface area (Å²) in [6, 6.07) is 10.9. The smallest absolute Gasteiger partial charge is 0.221 e. The molecule has 0 aliphatic rings. The van der Waals surface area contributed by atoms with Crippen LogP contribution in [0.25, 0.3) is 5.65 Å². The first-order valence-corrected chi connectivity index (χ1v) is 8.65. The molecule has 0 bridgehead atoms. The SMILES string of the molecule is Cc1ccc(C(=O)CCC(=O)NC(C)c2nnc3ccccn23)cc1C. The normalized spacial score (nSPS) is 12.1. The molecule has 1 N–H and O–H groups in total. The third-order valence-electron chi connectivity index (χ3n) is 4.51. The number of amides is 1. The van der Waals surface area contributed by atoms with E-state index in [1.807, 2.05) is 67.8 Å². The fourth-order valence-electron chi connectivity index (χ4n) is 2.82. The summed E-state index contributed by atoms with van der Waals surface area (Å²) < 4.78 is 1.84. The molecule has 0 fully saturated rings. The number of nitrogens with zero attached hydrogens (tertiary/aromatic N) is 3. The van der Waals surface area contributed by atoms with Crippen LogP contribution in [0.4, 0.5) is 0 Å². The summed E-state index contributed by atoms with van der Waals surface area (Å²) >= 11 is 0. The first kappa shape index (κ1) is 17.8. The molecule has 3 rings (SSSR count). The fourth-order valence-corrected chi connectivity index (χ4v) is 2.82. The third kappa shape index (κ3) is 3.79. The van der Waals surface area contributed by atoms with Crippen LogP contribution in [0.3, 0.4) is 0 Å². The average Bonchev–Trinajstić information content (AvgIpc) is 3.06. The molecule has 6 heteroatoms. The maximum absolute atomic E-state index is 12.3. The minimum absolute atomic E-state index is 0.0242. The molecular formula is C20H22N4O2. The summed E-state index contributed by atoms with van der Waals surface area (Å²) in [5.74, 6) is 0.459. The van der Waals surface area contributed by atoms with E-state index in [0.29, 0.717) is 11.4 Å². The van der Waals surface area contributed by atoms with Crippen LogP contribution in [0.1, 0.15) is 53.1 Å². The van der Waals surface area contributed by atoms with Crippen LogP contribution >= 0.6 is 0 Å². The van der Waals surface area contributed by atoms with Gasteiger partial charge in [-0.15, -0.1) is 10.2 Å². The Morgan fingerprint density at radius 1 is 1.08 bits per heavy atom. The average molecular weight is 350 g/mol. The summed E-state index contributed by atoms with van der Waals surface area (Å²) in [5, 5.41) is 11.1. The van der Waals surface area contributed by atoms with Crippen molar-refractivity contribution in [2.45, 2.75) is 39.7 Å². The molecule has 0 saturated carbocycles. The van der Waals surface area contributed by atoms with Crippen molar-refractivity contribution in [3.63, 3.8) is 0 Å². The van der Waals surface area contributed by atoms with Crippen molar-refractivity contribution in [1.29, 1.82) is 0 Å². The Hall–Kier alpha value is -3.02. The second-order valence-corrected chi connectivity index (χ2v) is 6.50. The van der Waals surface area contributed by atoms with Crippen molar-refractivity contribution < 1.29 is 9.59 Å². The van der Waals surface area contributed by atoms with Gasteiger partial charge < -0.3 is 5.32 Å². The molecule has 0 radical (unpaired) electrons. The van der Waals surface area contributed by atoms with Crippen LogP contribution in [-0.2, 0) is 4.79 Å². The molecule has 1 aromatic carbocycles. The molecule has 2 heterocycles. The number of pyridine rings is 1. The summed E-state index contributed by atoms with van der Waals surface area (Å²) in [7, 11) is 0. The van der Waals surface area contributed by atoms with Gasteiger partial charge in [0.05, 0.1) is 6.04 Å². The van der Waals surface area contributed by atoms with Gasteiger partial charge in [0.1, 0.15) is 0 Å². The zero-order valence-electron chi connectivity index (χ0n) is 15.2. The number of carbonyl (C=O) groups excluding carboxylic acids is 2. The van der Waals surface area contributed by atoms with Gasteiger partial charge in [0.2, 0.25) is 5.91 Å². The van der Waals surface area contributed by atoms with Crippen LogP contribution in [0.2, 0.25) is 0 Å². The van der Waals surface area contributed by atoms with Crippen molar-refractivity contribution in [3.8, 4) is 0 Å². The minimum atomic E-state index is -0.295. The van der Waals surface area contributed by atoms with Crippen LogP contribution < -0.4 is 5.32 Å². The predicted molar refractivity (Wildman–Crippen MR) is 99.0 cm³/mol. The highest BCUT2D eigenvalue weighted by Crippen LogP contribution is 2.14. The molecule has 0 aliphatic carbocycles. The lowest BCUT2D eigenvalue weighted by atomic mass is 10.0. The van der Waals surface area contributed by atoms with Gasteiger partial charge in [0.25, 0.3) is 0 Å². The van der Waals surface area contributed by atoms with E-state index in [-0.39, 0.29) is 30.6 Å². The quantitative estimate of drug-likeness (QED) is 0.693. The molecule has 0 aliphatic heterocycles. The fraction of sp³-hybridized carbons (Fsp3) is 0.300. The Labute approximate surface area is 152 Å². The highest BCUT2D eigenvalue weighted by atomic mass is 16.2. The van der Waals surface area contributed by atoms with Crippen molar-refractivity contribution in [2.24, 2.45) is 0 Å². The number of nitrogens with one attached hydrogen (secondary N) is 1. The number of aryl methyl sites for hydroxylation is 2. The molecule has 1 amide bonds. The van der Waals surface area contributed by atoms with Gasteiger partial charge in [-0.05, 0) is 50.1 Å². The predicted octanol–water partition coefficient (Wildman–Crippen LogP) is 3.19. The Kier molecular flexibility index (Phi) is 5.11. The van der Waals surface area contributed by atoms with E-state index in [0.717, 1.165) is 16.8 Å². The van der Waals surface area contributed by atoms with Gasteiger partial charge in [-0.1, -0.05) is 18.2 Å². The standard InChI is InChI=1S/C20H22N4O2/c1-13-7-8-16(12-14(13)2)17(25)9-10-19(26)21-15(3)20-23-22-18-6-4-5-11-24(18)20/h4-8,11-12,15H,9-10H2,1-3H3,(H,21,26). The van der Waals surface area contributed by atoms with Crippen molar-refractivity contribution in [3.05, 3.63) is 65.1 Å². The highest BCUT2D eigenvalue weighted by molar-refractivity contribution is 5.98. The van der Waals surface area contributed by atoms with Crippen LogP contribution in [0, 0.1) is 13.8 Å². The summed E-state index contributed by atoms with van der Waals surface area (Å²) in [6.07, 6.45) is 2.19. The van der Waals surface area contributed by atoms with Crippen LogP contribution in [0.5, 0.6) is 0 Å². The summed E-state index contributed by atoms with van der Waals surface area (Å²) in [4.78, 5) is 24.5. The first-order chi connectivity index (χ1) is 12.5. The number of hydrogen-bond acceptors (Lipinski definition) is 4. The number of benzene rings is 1. The number of carbonyl (C=O) groups is 2. The van der Waals surface area contributed by atoms with Crippen LogP contribution in [0.15, 0.2) is 42.6 Å². The minimum Gasteiger partial charge on any atom is -0.346 e. The molecule has 0 saturated heterocycles. The zero-order valence-corrected chi connectivity index (χ0v) is 15.2. The van der Waals surface area contributed by atoms with Crippen LogP contribution in [-0.4, -0.2) is 26.3 Å². The first-order valence-electron chi connectivity index (χ1n) is 8.65. The monoisotopic (exact) mass is 350 g/mol. The number of rotatable bonds is 6. The Morgan fingerprint density at radius 2 is 1.88 bits per heavy atom. The molecule has 26 heavy (non-hydrogen) atoms. The number of hydrogen-bond donors (Lipinski definition) is 1. The molecule has 134 valence electrons. The van der Waals surface area contributed by atoms with E-state index < -0.39 is 0 Å². The zero-order chi connectivity index (χ0) is 18.7. The van der Waals surface area contributed by atoms with E-state index in [1.165, 1.54) is 0 Å². The second kappa shape index (κ2) is 7.47. The number of fused-ring (bicyclic) bond motifs is 1. The van der Waals surface area contributed by atoms with Gasteiger partial charge in [-0.2, -0.15) is 0 Å². The number of ketones is 1. The maximum atomic E-state index is 12.3. The van der Waals surface area contributed by atoms with Gasteiger partial charge in [0, 0.05) is 24.6 Å². The Bertz CT molecular complexity index is 961. The highest BCUT2D eigenvalue weighted by Gasteiger charge is 2.16. The topological polar surface area (TPSA) is 76.4 Å². The van der Waals surface area contributed by atoms with Crippen molar-refractivity contribution in [1.82, 2.24) is 19.9 Å².